The second-order valence-corrected chi connectivity index (χ2v) is 7.85. The molecule has 120 valence electrons. The predicted octanol–water partition coefficient (Wildman–Crippen LogP) is 5.66. The molecule has 0 radical (unpaired) electrons. The van der Waals surface area contributed by atoms with Crippen LogP contribution in [0.1, 0.15) is 70.8 Å². The third kappa shape index (κ3) is 5.41. The smallest absolute Gasteiger partial charge is 0.00110 e. The maximum absolute atomic E-state index is 3.72. The van der Waals surface area contributed by atoms with Crippen LogP contribution in [0.25, 0.3) is 0 Å². The van der Waals surface area contributed by atoms with Crippen molar-refractivity contribution in [2.24, 2.45) is 11.3 Å². The second kappa shape index (κ2) is 8.95. The van der Waals surface area contributed by atoms with Gasteiger partial charge in [-0.15, -0.1) is 0 Å². The van der Waals surface area contributed by atoms with Gasteiger partial charge in [0.25, 0.3) is 0 Å². The van der Waals surface area contributed by atoms with Gasteiger partial charge in [-0.2, -0.15) is 11.3 Å². The van der Waals surface area contributed by atoms with E-state index >= 15 is 0 Å². The summed E-state index contributed by atoms with van der Waals surface area (Å²) in [6.45, 7) is 6.97. The van der Waals surface area contributed by atoms with Crippen LogP contribution in [0.2, 0.25) is 0 Å². The Hall–Kier alpha value is -0.340. The maximum atomic E-state index is 3.72. The molecule has 1 aromatic heterocycles. The number of nitrogens with one attached hydrogen (secondary N) is 1. The van der Waals surface area contributed by atoms with Crippen LogP contribution in [-0.2, 0) is 6.42 Å². The van der Waals surface area contributed by atoms with Crippen molar-refractivity contribution in [3.63, 3.8) is 0 Å². The van der Waals surface area contributed by atoms with Gasteiger partial charge >= 0.3 is 0 Å². The first-order chi connectivity index (χ1) is 10.3. The third-order valence-corrected chi connectivity index (χ3v) is 5.95. The van der Waals surface area contributed by atoms with Crippen molar-refractivity contribution in [2.75, 3.05) is 13.1 Å². The van der Waals surface area contributed by atoms with Gasteiger partial charge in [0.1, 0.15) is 0 Å². The first-order valence-corrected chi connectivity index (χ1v) is 9.94. The minimum absolute atomic E-state index is 0.527. The largest absolute Gasteiger partial charge is 0.316 e. The molecule has 1 N–H and O–H groups in total. The molecule has 0 aromatic carbocycles. The Morgan fingerprint density at radius 3 is 2.67 bits per heavy atom. The first kappa shape index (κ1) is 17.0. The van der Waals surface area contributed by atoms with Crippen LogP contribution in [-0.4, -0.2) is 13.1 Å². The molecule has 2 heteroatoms. The lowest BCUT2D eigenvalue weighted by molar-refractivity contribution is 0.138. The number of rotatable bonds is 9. The molecule has 1 nitrogen and oxygen atoms in total. The molecule has 0 spiro atoms. The highest BCUT2D eigenvalue weighted by molar-refractivity contribution is 7.07. The highest BCUT2D eigenvalue weighted by Crippen LogP contribution is 2.42. The minimum atomic E-state index is 0.527. The highest BCUT2D eigenvalue weighted by atomic mass is 32.1. The van der Waals surface area contributed by atoms with Crippen LogP contribution in [0.3, 0.4) is 0 Å². The summed E-state index contributed by atoms with van der Waals surface area (Å²) in [6.07, 6.45) is 12.5. The SMILES string of the molecule is CCCCC1CCC(CNCCC)(Cc2ccsc2)CC1. The maximum Gasteiger partial charge on any atom is 0.00110 e. The fraction of sp³-hybridized carbons (Fsp3) is 0.789. The van der Waals surface area contributed by atoms with E-state index in [0.717, 1.165) is 5.92 Å². The van der Waals surface area contributed by atoms with Crippen molar-refractivity contribution in [3.05, 3.63) is 22.4 Å². The van der Waals surface area contributed by atoms with Crippen LogP contribution < -0.4 is 5.32 Å². The first-order valence-electron chi connectivity index (χ1n) is 9.00. The number of unbranched alkanes of at least 4 members (excludes halogenated alkanes) is 1. The van der Waals surface area contributed by atoms with E-state index in [1.807, 2.05) is 11.3 Å². The average Bonchev–Trinajstić information content (AvgIpc) is 3.00. The van der Waals surface area contributed by atoms with Gasteiger partial charge in [-0.05, 0) is 78.8 Å². The second-order valence-electron chi connectivity index (χ2n) is 7.07. The number of hydrogen-bond acceptors (Lipinski definition) is 2. The Morgan fingerprint density at radius 1 is 1.24 bits per heavy atom. The molecule has 0 bridgehead atoms. The van der Waals surface area contributed by atoms with Gasteiger partial charge in [0.2, 0.25) is 0 Å². The fourth-order valence-electron chi connectivity index (χ4n) is 3.84. The molecule has 0 amide bonds. The van der Waals surface area contributed by atoms with E-state index in [2.05, 4.69) is 36.0 Å². The zero-order valence-electron chi connectivity index (χ0n) is 14.0. The Balaban J connectivity index is 1.90. The molecule has 1 aliphatic rings. The van der Waals surface area contributed by atoms with Crippen LogP contribution in [0.4, 0.5) is 0 Å². The normalized spacial score (nSPS) is 26.1. The summed E-state index contributed by atoms with van der Waals surface area (Å²) in [4.78, 5) is 0. The van der Waals surface area contributed by atoms with Gasteiger partial charge in [-0.25, -0.2) is 0 Å². The van der Waals surface area contributed by atoms with Gasteiger partial charge < -0.3 is 5.32 Å². The van der Waals surface area contributed by atoms with E-state index in [1.54, 1.807) is 5.56 Å². The molecule has 21 heavy (non-hydrogen) atoms. The topological polar surface area (TPSA) is 12.0 Å². The molecule has 1 heterocycles. The molecule has 1 fully saturated rings. The fourth-order valence-corrected chi connectivity index (χ4v) is 4.51. The molecule has 2 rings (SSSR count). The third-order valence-electron chi connectivity index (χ3n) is 5.22. The molecular formula is C19H33NS. The van der Waals surface area contributed by atoms with Crippen LogP contribution in [0, 0.1) is 11.3 Å². The predicted molar refractivity (Wildman–Crippen MR) is 95.1 cm³/mol. The summed E-state index contributed by atoms with van der Waals surface area (Å²) >= 11 is 1.85. The number of hydrogen-bond donors (Lipinski definition) is 1. The lowest BCUT2D eigenvalue weighted by Gasteiger charge is -2.41. The Bertz CT molecular complexity index is 363. The molecule has 0 aliphatic heterocycles. The van der Waals surface area contributed by atoms with E-state index in [9.17, 15) is 0 Å². The van der Waals surface area contributed by atoms with Crippen molar-refractivity contribution < 1.29 is 0 Å². The van der Waals surface area contributed by atoms with Crippen LogP contribution in [0.5, 0.6) is 0 Å². The van der Waals surface area contributed by atoms with Crippen molar-refractivity contribution in [1.82, 2.24) is 5.32 Å². The number of thiophene rings is 1. The molecule has 0 saturated heterocycles. The summed E-state index contributed by atoms with van der Waals surface area (Å²) in [5.74, 6) is 1.01. The molecule has 1 aliphatic carbocycles. The van der Waals surface area contributed by atoms with Gasteiger partial charge in [0.05, 0.1) is 0 Å². The van der Waals surface area contributed by atoms with E-state index < -0.39 is 0 Å². The van der Waals surface area contributed by atoms with Gasteiger partial charge in [0, 0.05) is 6.54 Å². The molecule has 1 aromatic rings. The van der Waals surface area contributed by atoms with Crippen molar-refractivity contribution >= 4 is 11.3 Å². The summed E-state index contributed by atoms with van der Waals surface area (Å²) < 4.78 is 0. The summed E-state index contributed by atoms with van der Waals surface area (Å²) in [7, 11) is 0. The monoisotopic (exact) mass is 307 g/mol. The Labute approximate surface area is 135 Å². The van der Waals surface area contributed by atoms with Crippen molar-refractivity contribution in [2.45, 2.75) is 71.6 Å². The lowest BCUT2D eigenvalue weighted by atomic mass is 9.67. The lowest BCUT2D eigenvalue weighted by Crippen LogP contribution is -2.39. The summed E-state index contributed by atoms with van der Waals surface area (Å²) in [5, 5.41) is 8.30. The van der Waals surface area contributed by atoms with E-state index in [1.165, 1.54) is 70.9 Å². The molecule has 1 saturated carbocycles. The minimum Gasteiger partial charge on any atom is -0.316 e. The zero-order chi connectivity index (χ0) is 15.0. The molecular weight excluding hydrogens is 274 g/mol. The Morgan fingerprint density at radius 2 is 2.05 bits per heavy atom. The molecule has 0 atom stereocenters. The van der Waals surface area contributed by atoms with Gasteiger partial charge in [-0.1, -0.05) is 33.1 Å². The molecule has 0 unspecified atom stereocenters. The van der Waals surface area contributed by atoms with E-state index in [4.69, 9.17) is 0 Å². The van der Waals surface area contributed by atoms with Crippen molar-refractivity contribution in [1.29, 1.82) is 0 Å². The highest BCUT2D eigenvalue weighted by Gasteiger charge is 2.34. The standard InChI is InChI=1S/C19H33NS/c1-3-5-6-17-7-10-19(11-8-17,16-20-12-4-2)14-18-9-13-21-15-18/h9,13,15,17,20H,3-8,10-12,14,16H2,1-2H3. The average molecular weight is 308 g/mol. The summed E-state index contributed by atoms with van der Waals surface area (Å²) in [6, 6.07) is 2.33. The Kier molecular flexibility index (Phi) is 7.25. The zero-order valence-corrected chi connectivity index (χ0v) is 14.8. The van der Waals surface area contributed by atoms with Crippen LogP contribution >= 0.6 is 11.3 Å². The van der Waals surface area contributed by atoms with E-state index in [-0.39, 0.29) is 0 Å². The van der Waals surface area contributed by atoms with Crippen molar-refractivity contribution in [3.8, 4) is 0 Å². The van der Waals surface area contributed by atoms with Gasteiger partial charge in [0.15, 0.2) is 0 Å². The van der Waals surface area contributed by atoms with Gasteiger partial charge in [-0.3, -0.25) is 0 Å². The summed E-state index contributed by atoms with van der Waals surface area (Å²) in [5.41, 5.74) is 2.09. The van der Waals surface area contributed by atoms with E-state index in [0.29, 0.717) is 5.41 Å². The quantitative estimate of drug-likeness (QED) is 0.581. The van der Waals surface area contributed by atoms with Crippen LogP contribution in [0.15, 0.2) is 16.8 Å².